The third-order valence-corrected chi connectivity index (χ3v) is 5.82. The number of carbonyl (C=O) groups is 1. The lowest BCUT2D eigenvalue weighted by molar-refractivity contribution is 0.0981. The zero-order valence-corrected chi connectivity index (χ0v) is 19.2. The van der Waals surface area contributed by atoms with Crippen molar-refractivity contribution in [1.29, 1.82) is 0 Å². The Morgan fingerprint density at radius 2 is 1.84 bits per heavy atom. The zero-order chi connectivity index (χ0) is 23.2. The van der Waals surface area contributed by atoms with Crippen LogP contribution in [0.3, 0.4) is 0 Å². The summed E-state index contributed by atoms with van der Waals surface area (Å²) in [4.78, 5) is 12.2. The molecule has 0 saturated heterocycles. The minimum atomic E-state index is -3.84. The predicted molar refractivity (Wildman–Crippen MR) is 124 cm³/mol. The van der Waals surface area contributed by atoms with Crippen LogP contribution in [-0.4, -0.2) is 30.4 Å². The molecule has 1 heterocycles. The normalized spacial score (nSPS) is 11.7. The Morgan fingerprint density at radius 3 is 2.53 bits per heavy atom. The molecule has 3 aromatic carbocycles. The van der Waals surface area contributed by atoms with E-state index in [1.165, 1.54) is 10.7 Å². The monoisotopic (exact) mass is 491 g/mol. The third-order valence-electron chi connectivity index (χ3n) is 4.72. The van der Waals surface area contributed by atoms with Crippen LogP contribution in [0.1, 0.15) is 15.9 Å². The quantitative estimate of drug-likeness (QED) is 0.428. The topological polar surface area (TPSA) is 81.1 Å². The largest absolute Gasteiger partial charge is 0.268 e. The lowest BCUT2D eigenvalue weighted by Gasteiger charge is -2.10. The average Bonchev–Trinajstić information content (AvgIpc) is 3.06. The van der Waals surface area contributed by atoms with E-state index in [1.54, 1.807) is 22.9 Å². The number of nitrogens with one attached hydrogen (secondary N) is 1. The number of fused-ring (bicyclic) bond motifs is 1. The van der Waals surface area contributed by atoms with Gasteiger partial charge in [0.2, 0.25) is 10.0 Å². The highest BCUT2D eigenvalue weighted by atomic mass is 35.5. The molecule has 0 unspecified atom stereocenters. The highest BCUT2D eigenvalue weighted by molar-refractivity contribution is 7.89. The van der Waals surface area contributed by atoms with Gasteiger partial charge in [-0.15, -0.1) is 0 Å². The van der Waals surface area contributed by atoms with Gasteiger partial charge in [-0.3, -0.25) is 4.79 Å². The van der Waals surface area contributed by atoms with Crippen LogP contribution in [0.4, 0.5) is 4.39 Å². The summed E-state index contributed by atoms with van der Waals surface area (Å²) in [5, 5.41) is 5.69. The Labute approximate surface area is 193 Å². The minimum absolute atomic E-state index is 0.00266. The van der Waals surface area contributed by atoms with Crippen LogP contribution >= 0.6 is 23.2 Å². The van der Waals surface area contributed by atoms with Gasteiger partial charge in [-0.25, -0.2) is 22.2 Å². The molecule has 0 saturated carbocycles. The molecule has 4 rings (SSSR count). The first-order valence-corrected chi connectivity index (χ1v) is 11.9. The van der Waals surface area contributed by atoms with Crippen LogP contribution in [0.5, 0.6) is 0 Å². The summed E-state index contributed by atoms with van der Waals surface area (Å²) in [6, 6.07) is 14.9. The van der Waals surface area contributed by atoms with Gasteiger partial charge in [-0.2, -0.15) is 5.10 Å². The van der Waals surface area contributed by atoms with Gasteiger partial charge in [-0.05, 0) is 43.3 Å². The molecule has 0 radical (unpaired) electrons. The van der Waals surface area contributed by atoms with Gasteiger partial charge >= 0.3 is 0 Å². The number of nitrogens with zero attached hydrogens (tertiary/aromatic N) is 2. The highest BCUT2D eigenvalue weighted by Crippen LogP contribution is 2.34. The number of carbonyl (C=O) groups excluding carboxylic acids is 1. The molecule has 0 aliphatic heterocycles. The van der Waals surface area contributed by atoms with Crippen LogP contribution in [-0.2, 0) is 10.0 Å². The summed E-state index contributed by atoms with van der Waals surface area (Å²) >= 11 is 12.4. The molecular formula is C22H16Cl2FN3O3S. The molecule has 4 aromatic rings. The third kappa shape index (κ3) is 4.34. The van der Waals surface area contributed by atoms with E-state index >= 15 is 4.39 Å². The van der Waals surface area contributed by atoms with E-state index < -0.39 is 21.7 Å². The molecule has 0 atom stereocenters. The van der Waals surface area contributed by atoms with Crippen molar-refractivity contribution in [2.45, 2.75) is 6.92 Å². The molecule has 0 fully saturated rings. The summed E-state index contributed by atoms with van der Waals surface area (Å²) < 4.78 is 41.0. The molecule has 6 nitrogen and oxygen atoms in total. The van der Waals surface area contributed by atoms with Gasteiger partial charge in [0.1, 0.15) is 17.2 Å². The van der Waals surface area contributed by atoms with E-state index in [4.69, 9.17) is 23.2 Å². The second kappa shape index (κ2) is 8.20. The molecule has 0 bridgehead atoms. The summed E-state index contributed by atoms with van der Waals surface area (Å²) in [7, 11) is -3.84. The lowest BCUT2D eigenvalue weighted by Crippen LogP contribution is -2.29. The molecule has 10 heteroatoms. The van der Waals surface area contributed by atoms with Crippen molar-refractivity contribution in [3.05, 3.63) is 81.6 Å². The number of hydrogen-bond donors (Lipinski definition) is 1. The number of rotatable bonds is 4. The number of aromatic nitrogens is 2. The maximum atomic E-state index is 15.1. The number of aryl methyl sites for hydroxylation is 1. The van der Waals surface area contributed by atoms with E-state index in [0.717, 1.165) is 23.4 Å². The maximum absolute atomic E-state index is 15.1. The Kier molecular flexibility index (Phi) is 5.70. The molecule has 0 aliphatic rings. The van der Waals surface area contributed by atoms with Crippen LogP contribution in [0, 0.1) is 12.7 Å². The van der Waals surface area contributed by atoms with Crippen LogP contribution < -0.4 is 4.72 Å². The van der Waals surface area contributed by atoms with Crippen molar-refractivity contribution in [2.24, 2.45) is 0 Å². The summed E-state index contributed by atoms with van der Waals surface area (Å²) in [6.45, 7) is 1.95. The van der Waals surface area contributed by atoms with Crippen molar-refractivity contribution in [3.8, 4) is 16.9 Å². The van der Waals surface area contributed by atoms with Crippen molar-refractivity contribution in [3.63, 3.8) is 0 Å². The van der Waals surface area contributed by atoms with Gasteiger partial charge in [-0.1, -0.05) is 47.0 Å². The van der Waals surface area contributed by atoms with E-state index in [1.807, 2.05) is 31.2 Å². The van der Waals surface area contributed by atoms with Crippen molar-refractivity contribution < 1.29 is 17.6 Å². The van der Waals surface area contributed by atoms with E-state index in [-0.39, 0.29) is 16.3 Å². The van der Waals surface area contributed by atoms with E-state index in [0.29, 0.717) is 21.6 Å². The molecular weight excluding hydrogens is 476 g/mol. The van der Waals surface area contributed by atoms with Crippen LogP contribution in [0.2, 0.25) is 10.0 Å². The molecule has 32 heavy (non-hydrogen) atoms. The van der Waals surface area contributed by atoms with Crippen molar-refractivity contribution in [2.75, 3.05) is 6.26 Å². The fourth-order valence-corrected chi connectivity index (χ4v) is 4.24. The van der Waals surface area contributed by atoms with Gasteiger partial charge in [0.05, 0.1) is 22.4 Å². The number of halogens is 3. The highest BCUT2D eigenvalue weighted by Gasteiger charge is 2.21. The maximum Gasteiger partial charge on any atom is 0.266 e. The SMILES string of the molecule is Cc1cccc(-c2nn(-c3cc(Cl)c(C(=O)NS(C)(=O)=O)cc3F)c3ccc(Cl)cc23)c1. The van der Waals surface area contributed by atoms with Gasteiger partial charge in [0.25, 0.3) is 5.91 Å². The Morgan fingerprint density at radius 1 is 1.09 bits per heavy atom. The van der Waals surface area contributed by atoms with Gasteiger partial charge in [0, 0.05) is 16.0 Å². The van der Waals surface area contributed by atoms with Crippen LogP contribution in [0.15, 0.2) is 54.6 Å². The molecule has 1 aromatic heterocycles. The van der Waals surface area contributed by atoms with E-state index in [9.17, 15) is 13.2 Å². The average molecular weight is 492 g/mol. The Bertz CT molecular complexity index is 1500. The lowest BCUT2D eigenvalue weighted by atomic mass is 10.1. The Hall–Kier alpha value is -2.94. The Balaban J connectivity index is 1.91. The summed E-state index contributed by atoms with van der Waals surface area (Å²) in [5.41, 5.74) is 2.72. The number of amides is 1. The number of benzene rings is 3. The van der Waals surface area contributed by atoms with Crippen molar-refractivity contribution in [1.82, 2.24) is 14.5 Å². The second-order valence-corrected chi connectivity index (χ2v) is 9.87. The van der Waals surface area contributed by atoms with Crippen molar-refractivity contribution >= 4 is 50.0 Å². The molecule has 164 valence electrons. The molecule has 0 spiro atoms. The zero-order valence-electron chi connectivity index (χ0n) is 16.9. The fraction of sp³-hybridized carbons (Fsp3) is 0.0909. The minimum Gasteiger partial charge on any atom is -0.268 e. The second-order valence-electron chi connectivity index (χ2n) is 7.28. The smallest absolute Gasteiger partial charge is 0.266 e. The first-order valence-electron chi connectivity index (χ1n) is 9.30. The molecule has 1 N–H and O–H groups in total. The first kappa shape index (κ1) is 22.3. The number of sulfonamides is 1. The fourth-order valence-electron chi connectivity index (χ4n) is 3.38. The predicted octanol–water partition coefficient (Wildman–Crippen LogP) is 5.14. The van der Waals surface area contributed by atoms with Crippen LogP contribution in [0.25, 0.3) is 27.8 Å². The summed E-state index contributed by atoms with van der Waals surface area (Å²) in [6.07, 6.45) is 0.817. The standard InChI is InChI=1S/C22H16Cl2FN3O3S/c1-12-4-3-5-13(8-12)21-16-9-14(23)6-7-19(16)28(26-21)20-11-17(24)15(10-18(20)25)22(29)27-32(2,30)31/h3-11H,1-2H3,(H,27,29). The first-order chi connectivity index (χ1) is 15.0. The summed E-state index contributed by atoms with van der Waals surface area (Å²) in [5.74, 6) is -1.83. The molecule has 1 amide bonds. The van der Waals surface area contributed by atoms with Gasteiger partial charge in [0.15, 0.2) is 0 Å². The molecule has 0 aliphatic carbocycles. The van der Waals surface area contributed by atoms with E-state index in [2.05, 4.69) is 5.10 Å². The number of hydrogen-bond acceptors (Lipinski definition) is 4. The van der Waals surface area contributed by atoms with Gasteiger partial charge < -0.3 is 0 Å².